The molecule has 4 rings (SSSR count). The zero-order valence-corrected chi connectivity index (χ0v) is 13.1. The molecular formula is C16H10BrClS. The maximum atomic E-state index is 6.15. The molecule has 0 nitrogen and oxygen atoms in total. The van der Waals surface area contributed by atoms with Gasteiger partial charge in [-0.2, -0.15) is 0 Å². The summed E-state index contributed by atoms with van der Waals surface area (Å²) >= 11 is 11.7. The number of thioether (sulfide) groups is 1. The van der Waals surface area contributed by atoms with Crippen molar-refractivity contribution < 1.29 is 0 Å². The van der Waals surface area contributed by atoms with Gasteiger partial charge in [0.2, 0.25) is 0 Å². The van der Waals surface area contributed by atoms with Gasteiger partial charge in [0, 0.05) is 25.6 Å². The molecule has 1 heterocycles. The molecule has 1 aliphatic heterocycles. The average Bonchev–Trinajstić information content (AvgIpc) is 2.72. The molecule has 0 amide bonds. The van der Waals surface area contributed by atoms with Crippen LogP contribution in [0.15, 0.2) is 45.8 Å². The van der Waals surface area contributed by atoms with Crippen LogP contribution in [0.25, 0.3) is 12.2 Å². The molecule has 0 N–H and O–H groups in total. The van der Waals surface area contributed by atoms with E-state index in [9.17, 15) is 0 Å². The topological polar surface area (TPSA) is 0 Å². The molecule has 0 saturated heterocycles. The summed E-state index contributed by atoms with van der Waals surface area (Å²) in [4.78, 5) is 1.30. The van der Waals surface area contributed by atoms with Crippen molar-refractivity contribution in [2.24, 2.45) is 0 Å². The molecule has 0 bridgehead atoms. The summed E-state index contributed by atoms with van der Waals surface area (Å²) in [5, 5.41) is 3.96. The van der Waals surface area contributed by atoms with E-state index in [1.54, 1.807) is 0 Å². The number of rotatable bonds is 0. The maximum absolute atomic E-state index is 6.15. The third-order valence-corrected chi connectivity index (χ3v) is 5.87. The molecule has 1 aliphatic carbocycles. The summed E-state index contributed by atoms with van der Waals surface area (Å²) in [5.74, 6) is 0.446. The molecule has 19 heavy (non-hydrogen) atoms. The van der Waals surface area contributed by atoms with E-state index in [4.69, 9.17) is 11.6 Å². The highest BCUT2D eigenvalue weighted by Gasteiger charge is 2.33. The van der Waals surface area contributed by atoms with E-state index in [2.05, 4.69) is 58.4 Å². The Balaban J connectivity index is 1.96. The fourth-order valence-corrected chi connectivity index (χ4v) is 5.57. The lowest BCUT2D eigenvalue weighted by molar-refractivity contribution is 0.939. The Labute approximate surface area is 129 Å². The largest absolute Gasteiger partial charge is 0.117 e. The standard InChI is InChI=1S/C16H10BrClS/c17-13-7-11(18)8-15-16(13)12-5-9-3-1-2-4-10(9)6-14(12)19-15/h1-8,12,14H. The molecule has 94 valence electrons. The Morgan fingerprint density at radius 3 is 2.58 bits per heavy atom. The SMILES string of the molecule is Clc1cc(Br)c2c(c1)SC1C=c3ccccc3=CC21. The van der Waals surface area contributed by atoms with Crippen molar-refractivity contribution in [3.8, 4) is 0 Å². The maximum Gasteiger partial charge on any atom is 0.0428 e. The molecule has 0 saturated carbocycles. The first-order valence-corrected chi connectivity index (χ1v) is 8.22. The predicted octanol–water partition coefficient (Wildman–Crippen LogP) is 3.94. The fraction of sp³-hybridized carbons (Fsp3) is 0.125. The third-order valence-electron chi connectivity index (χ3n) is 3.71. The van der Waals surface area contributed by atoms with Crippen molar-refractivity contribution in [1.82, 2.24) is 0 Å². The summed E-state index contributed by atoms with van der Waals surface area (Å²) in [6.45, 7) is 0. The zero-order chi connectivity index (χ0) is 13.0. The lowest BCUT2D eigenvalue weighted by Crippen LogP contribution is -2.31. The number of fused-ring (bicyclic) bond motifs is 4. The number of benzene rings is 2. The quantitative estimate of drug-likeness (QED) is 0.694. The van der Waals surface area contributed by atoms with Crippen molar-refractivity contribution in [3.05, 3.63) is 61.9 Å². The summed E-state index contributed by atoms with van der Waals surface area (Å²) in [7, 11) is 0. The van der Waals surface area contributed by atoms with Gasteiger partial charge in [0.05, 0.1) is 0 Å². The molecule has 2 atom stereocenters. The van der Waals surface area contributed by atoms with Gasteiger partial charge >= 0.3 is 0 Å². The highest BCUT2D eigenvalue weighted by atomic mass is 79.9. The van der Waals surface area contributed by atoms with Gasteiger partial charge in [0.25, 0.3) is 0 Å². The third kappa shape index (κ3) is 1.89. The summed E-state index contributed by atoms with van der Waals surface area (Å²) in [5.41, 5.74) is 1.38. The second-order valence-electron chi connectivity index (χ2n) is 4.87. The lowest BCUT2D eigenvalue weighted by Gasteiger charge is -2.17. The van der Waals surface area contributed by atoms with Crippen LogP contribution in [-0.2, 0) is 0 Å². The normalized spacial score (nSPS) is 22.8. The molecule has 0 spiro atoms. The van der Waals surface area contributed by atoms with Crippen LogP contribution in [0, 0.1) is 0 Å². The summed E-state index contributed by atoms with van der Waals surface area (Å²) < 4.78 is 1.12. The van der Waals surface area contributed by atoms with Gasteiger partial charge < -0.3 is 0 Å². The highest BCUT2D eigenvalue weighted by Crippen LogP contribution is 2.51. The fourth-order valence-electron chi connectivity index (χ4n) is 2.87. The van der Waals surface area contributed by atoms with Crippen LogP contribution in [0.4, 0.5) is 0 Å². The van der Waals surface area contributed by atoms with E-state index in [1.807, 2.05) is 17.8 Å². The first-order chi connectivity index (χ1) is 9.22. The van der Waals surface area contributed by atoms with Gasteiger partial charge in [-0.05, 0) is 28.1 Å². The summed E-state index contributed by atoms with van der Waals surface area (Å²) in [6.07, 6.45) is 4.77. The molecular weight excluding hydrogens is 340 g/mol. The van der Waals surface area contributed by atoms with Crippen molar-refractivity contribution in [2.75, 3.05) is 0 Å². The van der Waals surface area contributed by atoms with E-state index in [1.165, 1.54) is 20.9 Å². The van der Waals surface area contributed by atoms with Crippen molar-refractivity contribution in [3.63, 3.8) is 0 Å². The van der Waals surface area contributed by atoms with E-state index in [0.717, 1.165) is 9.50 Å². The second kappa shape index (κ2) is 4.41. The Morgan fingerprint density at radius 2 is 1.79 bits per heavy atom. The lowest BCUT2D eigenvalue weighted by atomic mass is 9.90. The van der Waals surface area contributed by atoms with E-state index in [-0.39, 0.29) is 0 Å². The molecule has 2 aromatic rings. The van der Waals surface area contributed by atoms with Gasteiger partial charge in [0.15, 0.2) is 0 Å². The second-order valence-corrected chi connectivity index (χ2v) is 7.38. The van der Waals surface area contributed by atoms with Crippen molar-refractivity contribution >= 4 is 51.4 Å². The zero-order valence-electron chi connectivity index (χ0n) is 9.94. The van der Waals surface area contributed by atoms with E-state index in [0.29, 0.717) is 11.2 Å². The monoisotopic (exact) mass is 348 g/mol. The summed E-state index contributed by atoms with van der Waals surface area (Å²) in [6, 6.07) is 12.7. The number of hydrogen-bond acceptors (Lipinski definition) is 1. The van der Waals surface area contributed by atoms with Gasteiger partial charge in [-0.15, -0.1) is 11.8 Å². The molecule has 0 radical (unpaired) electrons. The first-order valence-electron chi connectivity index (χ1n) is 6.17. The van der Waals surface area contributed by atoms with Crippen molar-refractivity contribution in [2.45, 2.75) is 16.1 Å². The molecule has 0 aromatic heterocycles. The predicted molar refractivity (Wildman–Crippen MR) is 86.2 cm³/mol. The van der Waals surface area contributed by atoms with Gasteiger partial charge in [0.1, 0.15) is 0 Å². The Bertz CT molecular complexity index is 797. The molecule has 2 unspecified atom stereocenters. The number of hydrogen-bond donors (Lipinski definition) is 0. The Morgan fingerprint density at radius 1 is 1.05 bits per heavy atom. The van der Waals surface area contributed by atoms with E-state index >= 15 is 0 Å². The first kappa shape index (κ1) is 12.1. The molecule has 2 aliphatic rings. The van der Waals surface area contributed by atoms with Gasteiger partial charge in [-0.1, -0.05) is 63.9 Å². The molecule has 0 fully saturated rings. The van der Waals surface area contributed by atoms with Gasteiger partial charge in [-0.25, -0.2) is 0 Å². The average molecular weight is 350 g/mol. The van der Waals surface area contributed by atoms with Crippen LogP contribution >= 0.6 is 39.3 Å². The number of halogens is 2. The van der Waals surface area contributed by atoms with Crippen LogP contribution in [0.2, 0.25) is 5.02 Å². The van der Waals surface area contributed by atoms with Crippen LogP contribution in [0.1, 0.15) is 11.5 Å². The minimum atomic E-state index is 0.446. The van der Waals surface area contributed by atoms with E-state index < -0.39 is 0 Å². The van der Waals surface area contributed by atoms with Gasteiger partial charge in [-0.3, -0.25) is 0 Å². The highest BCUT2D eigenvalue weighted by molar-refractivity contribution is 9.10. The van der Waals surface area contributed by atoms with Crippen molar-refractivity contribution in [1.29, 1.82) is 0 Å². The molecule has 3 heteroatoms. The van der Waals surface area contributed by atoms with Crippen LogP contribution in [-0.4, -0.2) is 5.25 Å². The minimum absolute atomic E-state index is 0.446. The van der Waals surface area contributed by atoms with Crippen LogP contribution in [0.3, 0.4) is 0 Å². The Hall–Kier alpha value is -0.700. The minimum Gasteiger partial charge on any atom is -0.117 e. The molecule has 2 aromatic carbocycles. The Kier molecular flexibility index (Phi) is 2.80. The van der Waals surface area contributed by atoms with Crippen LogP contribution in [0.5, 0.6) is 0 Å². The smallest absolute Gasteiger partial charge is 0.0428 e. The van der Waals surface area contributed by atoms with Crippen LogP contribution < -0.4 is 10.4 Å².